The van der Waals surface area contributed by atoms with Crippen molar-refractivity contribution in [3.63, 3.8) is 0 Å². The molecule has 4 fully saturated rings. The summed E-state index contributed by atoms with van der Waals surface area (Å²) in [6.45, 7) is 3.71. The van der Waals surface area contributed by atoms with E-state index in [1.54, 1.807) is 12.1 Å². The lowest BCUT2D eigenvalue weighted by Crippen LogP contribution is -3.00. The van der Waals surface area contributed by atoms with Crippen molar-refractivity contribution < 1.29 is 53.5 Å². The molecule has 13 heteroatoms. The molecule has 7 rings (SSSR count). The summed E-state index contributed by atoms with van der Waals surface area (Å²) >= 11 is 12.8. The highest BCUT2D eigenvalue weighted by molar-refractivity contribution is 6.42. The minimum atomic E-state index is -4.97. The third-order valence-corrected chi connectivity index (χ3v) is 11.8. The van der Waals surface area contributed by atoms with Gasteiger partial charge in [-0.15, -0.1) is 0 Å². The van der Waals surface area contributed by atoms with E-state index in [2.05, 4.69) is 24.3 Å². The van der Waals surface area contributed by atoms with E-state index in [0.29, 0.717) is 41.4 Å². The molecule has 3 aromatic carbocycles. The van der Waals surface area contributed by atoms with Gasteiger partial charge in [-0.25, -0.2) is 0 Å². The van der Waals surface area contributed by atoms with E-state index >= 15 is 0 Å². The monoisotopic (exact) mass is 750 g/mol. The number of rotatable bonds is 7. The van der Waals surface area contributed by atoms with Gasteiger partial charge < -0.3 is 27.3 Å². The van der Waals surface area contributed by atoms with Gasteiger partial charge in [0.05, 0.1) is 47.4 Å². The van der Waals surface area contributed by atoms with Crippen molar-refractivity contribution in [1.29, 1.82) is 0 Å². The van der Waals surface area contributed by atoms with Crippen LogP contribution >= 0.6 is 23.2 Å². The third-order valence-electron chi connectivity index (χ3n) is 11.1. The molecule has 0 radical (unpaired) electrons. The van der Waals surface area contributed by atoms with Gasteiger partial charge in [0.2, 0.25) is 5.91 Å². The fraction of sp³-hybridized carbons (Fsp3) is 0.472. The van der Waals surface area contributed by atoms with Gasteiger partial charge in [0.15, 0.2) is 0 Å². The number of alkyl halides is 6. The second-order valence-electron chi connectivity index (χ2n) is 13.8. The molecule has 1 unspecified atom stereocenters. The topological polar surface area (TPSA) is 51.8 Å². The number of nitrogens with zero attached hydrogens (tertiary/aromatic N) is 2. The summed E-state index contributed by atoms with van der Waals surface area (Å²) in [5.41, 5.74) is -1.15. The molecule has 2 N–H and O–H groups in total. The zero-order chi connectivity index (χ0) is 33.7. The number of hydrogen-bond donors (Lipinski definition) is 0. The van der Waals surface area contributed by atoms with Crippen LogP contribution in [0.1, 0.15) is 72.8 Å². The summed E-state index contributed by atoms with van der Waals surface area (Å²) < 4.78 is 83.0. The first kappa shape index (κ1) is 39.3. The molecule has 1 atom stereocenters. The molecule has 0 aromatic heterocycles. The van der Waals surface area contributed by atoms with Crippen LogP contribution in [0, 0.1) is 0 Å². The molecule has 4 nitrogen and oxygen atoms in total. The normalized spacial score (nSPS) is 25.7. The Kier molecular flexibility index (Phi) is 11.7. The SMILES string of the molecule is O.O=C1CCCC(CC[N+]23CCC(c4ccccc4)(CC2)CC3)(c2ccc(Cl)c(Cl)c2)CN1Cc1cc(C(F)(F)F)cc(C(F)(F)F)c1.[Cl-]. The quantitative estimate of drug-likeness (QED) is 0.216. The van der Waals surface area contributed by atoms with E-state index in [9.17, 15) is 31.1 Å². The molecular formula is C36H39Cl3F6N2O2. The van der Waals surface area contributed by atoms with Crippen LogP contribution in [-0.2, 0) is 34.5 Å². The fourth-order valence-electron chi connectivity index (χ4n) is 8.23. The number of carbonyl (C=O) groups is 1. The van der Waals surface area contributed by atoms with Crippen LogP contribution in [0.4, 0.5) is 26.3 Å². The summed E-state index contributed by atoms with van der Waals surface area (Å²) in [6.07, 6.45) is -4.72. The van der Waals surface area contributed by atoms with Crippen LogP contribution in [-0.4, -0.2) is 53.5 Å². The second kappa shape index (κ2) is 14.6. The first-order valence-electron chi connectivity index (χ1n) is 16.0. The van der Waals surface area contributed by atoms with Crippen LogP contribution in [0.25, 0.3) is 0 Å². The molecule has 268 valence electrons. The van der Waals surface area contributed by atoms with Crippen LogP contribution in [0.2, 0.25) is 10.0 Å². The fourth-order valence-corrected chi connectivity index (χ4v) is 8.53. The van der Waals surface area contributed by atoms with Gasteiger partial charge in [-0.1, -0.05) is 59.6 Å². The summed E-state index contributed by atoms with van der Waals surface area (Å²) in [7, 11) is 0. The number of quaternary nitrogens is 1. The molecule has 1 amide bonds. The van der Waals surface area contributed by atoms with Crippen molar-refractivity contribution in [3.8, 4) is 0 Å². The molecule has 3 aromatic rings. The average molecular weight is 752 g/mol. The van der Waals surface area contributed by atoms with E-state index in [4.69, 9.17) is 23.2 Å². The van der Waals surface area contributed by atoms with Gasteiger partial charge in [0.25, 0.3) is 0 Å². The van der Waals surface area contributed by atoms with Crippen molar-refractivity contribution in [1.82, 2.24) is 4.90 Å². The van der Waals surface area contributed by atoms with Gasteiger partial charge in [-0.3, -0.25) is 4.79 Å². The minimum Gasteiger partial charge on any atom is -1.00 e. The third kappa shape index (κ3) is 8.19. The Hall–Kier alpha value is -2.50. The van der Waals surface area contributed by atoms with Crippen LogP contribution in [0.3, 0.4) is 0 Å². The largest absolute Gasteiger partial charge is 1.00 e. The zero-order valence-electron chi connectivity index (χ0n) is 26.7. The number of hydrogen-bond acceptors (Lipinski definition) is 1. The minimum absolute atomic E-state index is 0. The average Bonchev–Trinajstić information content (AvgIpc) is 3.20. The number of carbonyl (C=O) groups excluding carboxylic acids is 1. The maximum atomic E-state index is 13.7. The second-order valence-corrected chi connectivity index (χ2v) is 14.6. The van der Waals surface area contributed by atoms with Crippen molar-refractivity contribution in [2.24, 2.45) is 0 Å². The molecule has 4 aliphatic heterocycles. The molecule has 2 bridgehead atoms. The van der Waals surface area contributed by atoms with E-state index < -0.39 is 28.9 Å². The lowest BCUT2D eigenvalue weighted by Gasteiger charge is -2.56. The highest BCUT2D eigenvalue weighted by Gasteiger charge is 2.51. The number of benzene rings is 3. The summed E-state index contributed by atoms with van der Waals surface area (Å²) in [5, 5.41) is 0.732. The maximum absolute atomic E-state index is 13.7. The number of amides is 1. The predicted octanol–water partition coefficient (Wildman–Crippen LogP) is 6.00. The molecule has 0 aliphatic carbocycles. The van der Waals surface area contributed by atoms with Crippen molar-refractivity contribution >= 4 is 29.1 Å². The van der Waals surface area contributed by atoms with E-state index in [1.165, 1.54) is 10.5 Å². The summed E-state index contributed by atoms with van der Waals surface area (Å²) in [6, 6.07) is 17.6. The van der Waals surface area contributed by atoms with Crippen LogP contribution in [0.5, 0.6) is 0 Å². The molecule has 0 saturated carbocycles. The van der Waals surface area contributed by atoms with Gasteiger partial charge in [-0.05, 0) is 59.9 Å². The Morgan fingerprint density at radius 3 is 1.90 bits per heavy atom. The summed E-state index contributed by atoms with van der Waals surface area (Å²) in [5.74, 6) is -0.298. The van der Waals surface area contributed by atoms with Crippen molar-refractivity contribution in [2.45, 2.75) is 74.7 Å². The highest BCUT2D eigenvalue weighted by atomic mass is 35.5. The molecule has 0 spiro atoms. The van der Waals surface area contributed by atoms with Crippen LogP contribution < -0.4 is 12.4 Å². The molecule has 49 heavy (non-hydrogen) atoms. The van der Waals surface area contributed by atoms with E-state index in [-0.39, 0.29) is 60.3 Å². The molecule has 4 aliphatic rings. The van der Waals surface area contributed by atoms with Gasteiger partial charge >= 0.3 is 12.4 Å². The number of piperidine rings is 3. The van der Waals surface area contributed by atoms with Gasteiger partial charge in [-0.2, -0.15) is 26.3 Å². The van der Waals surface area contributed by atoms with Gasteiger partial charge in [0, 0.05) is 56.0 Å². The maximum Gasteiger partial charge on any atom is 0.416 e. The zero-order valence-corrected chi connectivity index (χ0v) is 29.0. The van der Waals surface area contributed by atoms with Crippen LogP contribution in [0.15, 0.2) is 66.7 Å². The smallest absolute Gasteiger partial charge is 0.416 e. The number of halogens is 9. The molecular weight excluding hydrogens is 713 g/mol. The first-order valence-corrected chi connectivity index (χ1v) is 16.8. The predicted molar refractivity (Wildman–Crippen MR) is 174 cm³/mol. The highest BCUT2D eigenvalue weighted by Crippen LogP contribution is 2.48. The van der Waals surface area contributed by atoms with Crippen molar-refractivity contribution in [2.75, 3.05) is 32.7 Å². The van der Waals surface area contributed by atoms with Crippen molar-refractivity contribution in [3.05, 3.63) is 105 Å². The molecule has 4 saturated heterocycles. The Bertz CT molecular complexity index is 1580. The summed E-state index contributed by atoms with van der Waals surface area (Å²) in [4.78, 5) is 14.9. The van der Waals surface area contributed by atoms with E-state index in [0.717, 1.165) is 55.5 Å². The Morgan fingerprint density at radius 2 is 1.35 bits per heavy atom. The van der Waals surface area contributed by atoms with E-state index in [1.807, 2.05) is 12.1 Å². The number of fused-ring (bicyclic) bond motifs is 3. The lowest BCUT2D eigenvalue weighted by atomic mass is 9.66. The lowest BCUT2D eigenvalue weighted by molar-refractivity contribution is -0.944. The Labute approximate surface area is 298 Å². The Morgan fingerprint density at radius 1 is 0.755 bits per heavy atom. The molecule has 4 heterocycles. The number of likely N-dealkylation sites (tertiary alicyclic amines) is 1. The first-order chi connectivity index (χ1) is 22.1. The Balaban J connectivity index is 0.00000270. The standard InChI is InChI=1S/C36H37Cl2F6N2O.ClH.H2O/c37-30-9-8-27(22-31(30)38)34(14-18-46-15-11-33(12-16-46,13-17-46)26-5-2-1-3-6-26)10-4-7-32(47)45(24-34)23-25-19-28(35(39,40)41)21-29(20-25)36(42,43)44;;/h1-3,5-6,8-9,19-22H,4,7,10-18,23-24H2;1H;1H2/q+1;;/p-1. The van der Waals surface area contributed by atoms with Gasteiger partial charge in [0.1, 0.15) is 0 Å².